The molecule has 0 bridgehead atoms. The molecule has 0 unspecified atom stereocenters. The second kappa shape index (κ2) is 7.52. The minimum Gasteiger partial charge on any atom is -0.351 e. The van der Waals surface area contributed by atoms with E-state index in [-0.39, 0.29) is 26.9 Å². The Kier molecular flexibility index (Phi) is 6.02. The third-order valence-corrected chi connectivity index (χ3v) is 2.89. The minimum atomic E-state index is -0.355. The second-order valence-electron chi connectivity index (χ2n) is 3.21. The van der Waals surface area contributed by atoms with Crippen LogP contribution in [0.4, 0.5) is 0 Å². The second-order valence-corrected chi connectivity index (χ2v) is 4.36. The molecular weight excluding hydrogens is 323 g/mol. The fourth-order valence-corrected chi connectivity index (χ4v) is 1.71. The van der Waals surface area contributed by atoms with Crippen LogP contribution in [0.1, 0.15) is 11.1 Å². The van der Waals surface area contributed by atoms with Gasteiger partial charge in [0.2, 0.25) is 5.43 Å². The van der Waals surface area contributed by atoms with Crippen molar-refractivity contribution in [2.75, 3.05) is 0 Å². The Labute approximate surface area is 129 Å². The summed E-state index contributed by atoms with van der Waals surface area (Å²) < 4.78 is 0. The third-order valence-electron chi connectivity index (χ3n) is 1.99. The van der Waals surface area contributed by atoms with Crippen LogP contribution in [0.25, 0.3) is 0 Å². The number of hydrogen-bond acceptors (Lipinski definition) is 4. The van der Waals surface area contributed by atoms with Gasteiger partial charge in [0.15, 0.2) is 0 Å². The van der Waals surface area contributed by atoms with Crippen molar-refractivity contribution in [3.63, 3.8) is 0 Å². The normalized spacial score (nSPS) is 8.85. The van der Waals surface area contributed by atoms with Crippen molar-refractivity contribution in [2.45, 2.75) is 0 Å². The van der Waals surface area contributed by atoms with Crippen LogP contribution in [-0.4, -0.2) is 9.97 Å². The number of nitrogens with zero attached hydrogens (tertiary/aromatic N) is 3. The molecule has 0 saturated carbocycles. The van der Waals surface area contributed by atoms with Gasteiger partial charge in [0.1, 0.15) is 33.6 Å². The fourth-order valence-electron chi connectivity index (χ4n) is 1.07. The molecule has 100 valence electrons. The van der Waals surface area contributed by atoms with Crippen molar-refractivity contribution in [3.8, 4) is 12.1 Å². The van der Waals surface area contributed by atoms with Crippen LogP contribution in [0, 0.1) is 22.7 Å². The Morgan fingerprint density at radius 3 is 2.15 bits per heavy atom. The average Bonchev–Trinajstić information content (AvgIpc) is 2.40. The molecule has 0 aliphatic heterocycles. The number of H-pyrrole nitrogens is 1. The number of aromatic amines is 1. The number of rotatable bonds is 0. The predicted molar refractivity (Wildman–Crippen MR) is 75.8 cm³/mol. The minimum absolute atomic E-state index is 0.0378. The van der Waals surface area contributed by atoms with Crippen LogP contribution in [0.3, 0.4) is 0 Å². The lowest BCUT2D eigenvalue weighted by molar-refractivity contribution is 1.27. The molecule has 0 aliphatic carbocycles. The first-order valence-corrected chi connectivity index (χ1v) is 6.12. The predicted octanol–water partition coefficient (Wildman–Crippen LogP) is 3.16. The summed E-state index contributed by atoms with van der Waals surface area (Å²) in [5.74, 6) is 0. The zero-order chi connectivity index (χ0) is 15.1. The summed E-state index contributed by atoms with van der Waals surface area (Å²) in [5.41, 5.74) is -0.166. The molecule has 2 aromatic rings. The summed E-state index contributed by atoms with van der Waals surface area (Å²) in [4.78, 5) is 16.9. The lowest BCUT2D eigenvalue weighted by atomic mass is 10.3. The Hall–Kier alpha value is -2.05. The topological polar surface area (TPSA) is 93.3 Å². The summed E-state index contributed by atoms with van der Waals surface area (Å²) in [6.07, 6.45) is 2.84. The van der Waals surface area contributed by atoms with Gasteiger partial charge in [0, 0.05) is 18.5 Å². The first kappa shape index (κ1) is 16.0. The number of nitrogens with one attached hydrogen (secondary N) is 1. The fraction of sp³-hybridized carbons (Fsp3) is 0. The van der Waals surface area contributed by atoms with Gasteiger partial charge in [-0.1, -0.05) is 34.8 Å². The monoisotopic (exact) mass is 326 g/mol. The molecule has 20 heavy (non-hydrogen) atoms. The number of halogens is 3. The maximum Gasteiger partial charge on any atom is 0.200 e. The van der Waals surface area contributed by atoms with Gasteiger partial charge < -0.3 is 4.98 Å². The van der Waals surface area contributed by atoms with E-state index in [4.69, 9.17) is 45.3 Å². The highest BCUT2D eigenvalue weighted by atomic mass is 35.5. The zero-order valence-electron chi connectivity index (χ0n) is 9.69. The van der Waals surface area contributed by atoms with Gasteiger partial charge >= 0.3 is 0 Å². The maximum atomic E-state index is 10.7. The van der Waals surface area contributed by atoms with E-state index in [0.717, 1.165) is 0 Å². The van der Waals surface area contributed by atoms with Gasteiger partial charge in [-0.05, 0) is 6.07 Å². The van der Waals surface area contributed by atoms with Crippen molar-refractivity contribution < 1.29 is 0 Å². The summed E-state index contributed by atoms with van der Waals surface area (Å²) in [6.45, 7) is 0. The molecule has 2 aromatic heterocycles. The van der Waals surface area contributed by atoms with Gasteiger partial charge in [0.25, 0.3) is 0 Å². The molecule has 5 nitrogen and oxygen atoms in total. The molecule has 0 saturated heterocycles. The van der Waals surface area contributed by atoms with E-state index >= 15 is 0 Å². The molecule has 0 amide bonds. The molecular formula is C12H5Cl3N4O. The van der Waals surface area contributed by atoms with E-state index < -0.39 is 0 Å². The lowest BCUT2D eigenvalue weighted by Crippen LogP contribution is -2.04. The van der Waals surface area contributed by atoms with E-state index in [1.54, 1.807) is 6.07 Å². The lowest BCUT2D eigenvalue weighted by Gasteiger charge is -1.93. The van der Waals surface area contributed by atoms with Gasteiger partial charge in [-0.2, -0.15) is 10.5 Å². The summed E-state index contributed by atoms with van der Waals surface area (Å²) in [7, 11) is 0. The van der Waals surface area contributed by atoms with Crippen LogP contribution < -0.4 is 5.43 Å². The van der Waals surface area contributed by atoms with Crippen LogP contribution in [0.15, 0.2) is 29.3 Å². The van der Waals surface area contributed by atoms with Crippen molar-refractivity contribution in [3.05, 3.63) is 61.2 Å². The number of nitriles is 2. The van der Waals surface area contributed by atoms with E-state index in [9.17, 15) is 4.79 Å². The first-order valence-electron chi connectivity index (χ1n) is 4.98. The van der Waals surface area contributed by atoms with Gasteiger partial charge in [-0.15, -0.1) is 0 Å². The maximum absolute atomic E-state index is 10.7. The van der Waals surface area contributed by atoms with E-state index in [1.807, 2.05) is 6.07 Å². The largest absolute Gasteiger partial charge is 0.351 e. The molecule has 0 spiro atoms. The van der Waals surface area contributed by atoms with Crippen molar-refractivity contribution in [1.29, 1.82) is 10.5 Å². The highest BCUT2D eigenvalue weighted by Gasteiger charge is 2.03. The molecule has 0 radical (unpaired) electrons. The van der Waals surface area contributed by atoms with Crippen LogP contribution in [-0.2, 0) is 0 Å². The SMILES string of the molecule is N#Cc1c(Cl)[nH]ccc1=O.N#Cc1c(Cl)ccnc1Cl. The molecule has 0 aromatic carbocycles. The molecule has 1 N–H and O–H groups in total. The van der Waals surface area contributed by atoms with Crippen molar-refractivity contribution in [2.24, 2.45) is 0 Å². The standard InChI is InChI=1S/C6H2Cl2N2.C6H3ClN2O/c7-5-1-2-10-6(8)4(5)3-9;7-6-4(3-8)5(10)1-2-9-6/h1-2H;1-2H,(H,9,10). The smallest absolute Gasteiger partial charge is 0.200 e. The highest BCUT2D eigenvalue weighted by Crippen LogP contribution is 2.19. The van der Waals surface area contributed by atoms with Crippen molar-refractivity contribution in [1.82, 2.24) is 9.97 Å². The Morgan fingerprint density at radius 1 is 1.10 bits per heavy atom. The molecule has 2 rings (SSSR count). The number of aromatic nitrogens is 2. The highest BCUT2D eigenvalue weighted by molar-refractivity contribution is 6.35. The molecule has 0 atom stereocenters. The van der Waals surface area contributed by atoms with E-state index in [1.165, 1.54) is 24.5 Å². The van der Waals surface area contributed by atoms with Crippen LogP contribution in [0.5, 0.6) is 0 Å². The molecule has 0 aliphatic rings. The third kappa shape index (κ3) is 3.97. The van der Waals surface area contributed by atoms with Crippen LogP contribution >= 0.6 is 34.8 Å². The quantitative estimate of drug-likeness (QED) is 0.752. The Morgan fingerprint density at radius 2 is 1.75 bits per heavy atom. The molecule has 2 heterocycles. The van der Waals surface area contributed by atoms with Crippen LogP contribution in [0.2, 0.25) is 15.3 Å². The summed E-state index contributed by atoms with van der Waals surface area (Å²) in [5, 5.41) is 17.4. The summed E-state index contributed by atoms with van der Waals surface area (Å²) in [6, 6.07) is 6.30. The van der Waals surface area contributed by atoms with Gasteiger partial charge in [-0.3, -0.25) is 4.79 Å². The van der Waals surface area contributed by atoms with E-state index in [2.05, 4.69) is 9.97 Å². The Bertz CT molecular complexity index is 738. The average molecular weight is 328 g/mol. The first-order chi connectivity index (χ1) is 9.51. The van der Waals surface area contributed by atoms with E-state index in [0.29, 0.717) is 5.02 Å². The zero-order valence-corrected chi connectivity index (χ0v) is 12.0. The Balaban J connectivity index is 0.000000200. The van der Waals surface area contributed by atoms with Crippen molar-refractivity contribution >= 4 is 34.8 Å². The summed E-state index contributed by atoms with van der Waals surface area (Å²) >= 11 is 16.5. The number of pyridine rings is 2. The molecule has 0 fully saturated rings. The van der Waals surface area contributed by atoms with Gasteiger partial charge in [-0.25, -0.2) is 4.98 Å². The number of hydrogen-bond donors (Lipinski definition) is 1. The van der Waals surface area contributed by atoms with Gasteiger partial charge in [0.05, 0.1) is 5.02 Å². The molecule has 8 heteroatoms.